The standard InChI is InChI=1S/C20H21N3O4S/c1-27-15-5-2-13(3-6-15)14-4-7-16-17(10-14)28-20(23-16)11-18(25)22-12-19(26)21-8-9-24/h2-7,10,24H,8-9,11-12H2,1H3,(H,21,26)(H,22,25). The summed E-state index contributed by atoms with van der Waals surface area (Å²) in [6, 6.07) is 13.8. The van der Waals surface area contributed by atoms with E-state index in [2.05, 4.69) is 21.7 Å². The van der Waals surface area contributed by atoms with Gasteiger partial charge in [-0.2, -0.15) is 0 Å². The van der Waals surface area contributed by atoms with Crippen molar-refractivity contribution in [3.63, 3.8) is 0 Å². The number of carbonyl (C=O) groups excluding carboxylic acids is 2. The molecule has 7 nitrogen and oxygen atoms in total. The second-order valence-electron chi connectivity index (χ2n) is 6.05. The molecular weight excluding hydrogens is 378 g/mol. The highest BCUT2D eigenvalue weighted by atomic mass is 32.1. The summed E-state index contributed by atoms with van der Waals surface area (Å²) < 4.78 is 6.18. The summed E-state index contributed by atoms with van der Waals surface area (Å²) in [5, 5.41) is 14.4. The molecule has 2 aromatic carbocycles. The van der Waals surface area contributed by atoms with Gasteiger partial charge in [0.15, 0.2) is 0 Å². The molecule has 0 saturated heterocycles. The summed E-state index contributed by atoms with van der Waals surface area (Å²) in [5.41, 5.74) is 2.98. The van der Waals surface area contributed by atoms with Crippen LogP contribution in [0.2, 0.25) is 0 Å². The summed E-state index contributed by atoms with van der Waals surface area (Å²) in [7, 11) is 1.64. The molecule has 0 aliphatic rings. The van der Waals surface area contributed by atoms with Gasteiger partial charge in [0.2, 0.25) is 11.8 Å². The van der Waals surface area contributed by atoms with Crippen LogP contribution in [-0.2, 0) is 16.0 Å². The first kappa shape index (κ1) is 19.8. The maximum absolute atomic E-state index is 12.0. The second-order valence-corrected chi connectivity index (χ2v) is 7.16. The summed E-state index contributed by atoms with van der Waals surface area (Å²) in [6.07, 6.45) is 0.116. The molecule has 1 aromatic heterocycles. The number of thiazole rings is 1. The number of hydrogen-bond acceptors (Lipinski definition) is 6. The number of hydrogen-bond donors (Lipinski definition) is 3. The largest absolute Gasteiger partial charge is 0.497 e. The van der Waals surface area contributed by atoms with Crippen molar-refractivity contribution in [1.82, 2.24) is 15.6 Å². The molecule has 146 valence electrons. The van der Waals surface area contributed by atoms with Gasteiger partial charge in [-0.1, -0.05) is 18.2 Å². The number of benzene rings is 2. The molecule has 0 saturated carbocycles. The molecule has 0 aliphatic carbocycles. The van der Waals surface area contributed by atoms with E-state index >= 15 is 0 Å². The van der Waals surface area contributed by atoms with E-state index < -0.39 is 0 Å². The molecular formula is C20H21N3O4S. The third-order valence-corrected chi connectivity index (χ3v) is 5.07. The van der Waals surface area contributed by atoms with Crippen LogP contribution in [0.25, 0.3) is 21.3 Å². The van der Waals surface area contributed by atoms with Gasteiger partial charge in [-0.05, 0) is 35.4 Å². The predicted molar refractivity (Wildman–Crippen MR) is 108 cm³/mol. The lowest BCUT2D eigenvalue weighted by Crippen LogP contribution is -2.38. The van der Waals surface area contributed by atoms with Crippen molar-refractivity contribution in [3.8, 4) is 16.9 Å². The molecule has 0 spiro atoms. The molecule has 3 N–H and O–H groups in total. The fourth-order valence-corrected chi connectivity index (χ4v) is 3.65. The quantitative estimate of drug-likeness (QED) is 0.536. The second kappa shape index (κ2) is 9.29. The summed E-state index contributed by atoms with van der Waals surface area (Å²) in [5.74, 6) is 0.199. The number of nitrogens with zero attached hydrogens (tertiary/aromatic N) is 1. The molecule has 0 unspecified atom stereocenters. The molecule has 0 bridgehead atoms. The van der Waals surface area contributed by atoms with E-state index in [9.17, 15) is 9.59 Å². The Hall–Kier alpha value is -2.97. The number of aromatic nitrogens is 1. The minimum Gasteiger partial charge on any atom is -0.497 e. The maximum Gasteiger partial charge on any atom is 0.239 e. The Labute approximate surface area is 166 Å². The molecule has 8 heteroatoms. The topological polar surface area (TPSA) is 101 Å². The molecule has 0 atom stereocenters. The Morgan fingerprint density at radius 1 is 1.07 bits per heavy atom. The van der Waals surface area contributed by atoms with Crippen LogP contribution in [0.15, 0.2) is 42.5 Å². The Balaban J connectivity index is 1.65. The van der Waals surface area contributed by atoms with E-state index in [1.807, 2.05) is 36.4 Å². The van der Waals surface area contributed by atoms with Gasteiger partial charge in [-0.3, -0.25) is 9.59 Å². The lowest BCUT2D eigenvalue weighted by molar-refractivity contribution is -0.125. The molecule has 3 rings (SSSR count). The van der Waals surface area contributed by atoms with Crippen LogP contribution < -0.4 is 15.4 Å². The normalized spacial score (nSPS) is 10.6. The van der Waals surface area contributed by atoms with Gasteiger partial charge in [0.1, 0.15) is 10.8 Å². The minimum absolute atomic E-state index is 0.116. The summed E-state index contributed by atoms with van der Waals surface area (Å²) >= 11 is 1.46. The van der Waals surface area contributed by atoms with Crippen LogP contribution in [0.5, 0.6) is 5.75 Å². The van der Waals surface area contributed by atoms with Crippen molar-refractivity contribution in [2.75, 3.05) is 26.8 Å². The number of aliphatic hydroxyl groups is 1. The number of amides is 2. The highest BCUT2D eigenvalue weighted by molar-refractivity contribution is 7.18. The van der Waals surface area contributed by atoms with Gasteiger partial charge < -0.3 is 20.5 Å². The first-order chi connectivity index (χ1) is 13.6. The Morgan fingerprint density at radius 3 is 2.54 bits per heavy atom. The molecule has 2 amide bonds. The number of methoxy groups -OCH3 is 1. The fourth-order valence-electron chi connectivity index (χ4n) is 2.65. The van der Waals surface area contributed by atoms with E-state index in [1.54, 1.807) is 7.11 Å². The average molecular weight is 399 g/mol. The van der Waals surface area contributed by atoms with Crippen LogP contribution in [0.3, 0.4) is 0 Å². The summed E-state index contributed by atoms with van der Waals surface area (Å²) in [6.45, 7) is -0.0850. The van der Waals surface area contributed by atoms with E-state index in [0.717, 1.165) is 27.1 Å². The first-order valence-corrected chi connectivity index (χ1v) is 9.59. The fraction of sp³-hybridized carbons (Fsp3) is 0.250. The van der Waals surface area contributed by atoms with Gasteiger partial charge in [-0.25, -0.2) is 4.98 Å². The van der Waals surface area contributed by atoms with Crippen molar-refractivity contribution in [1.29, 1.82) is 0 Å². The van der Waals surface area contributed by atoms with Crippen LogP contribution in [0, 0.1) is 0 Å². The molecule has 3 aromatic rings. The molecule has 0 radical (unpaired) electrons. The Kier molecular flexibility index (Phi) is 6.57. The van der Waals surface area contributed by atoms with Crippen molar-refractivity contribution < 1.29 is 19.4 Å². The van der Waals surface area contributed by atoms with Gasteiger partial charge in [0.25, 0.3) is 0 Å². The number of ether oxygens (including phenoxy) is 1. The van der Waals surface area contributed by atoms with E-state index in [0.29, 0.717) is 5.01 Å². The van der Waals surface area contributed by atoms with Gasteiger partial charge >= 0.3 is 0 Å². The predicted octanol–water partition coefficient (Wildman–Crippen LogP) is 1.74. The van der Waals surface area contributed by atoms with Gasteiger partial charge in [0, 0.05) is 6.54 Å². The first-order valence-electron chi connectivity index (χ1n) is 8.77. The third kappa shape index (κ3) is 5.05. The highest BCUT2D eigenvalue weighted by Crippen LogP contribution is 2.29. The Bertz CT molecular complexity index is 969. The number of carbonyl (C=O) groups is 2. The lowest BCUT2D eigenvalue weighted by atomic mass is 10.1. The van der Waals surface area contributed by atoms with Crippen molar-refractivity contribution in [2.24, 2.45) is 0 Å². The summed E-state index contributed by atoms with van der Waals surface area (Å²) in [4.78, 5) is 28.0. The maximum atomic E-state index is 12.0. The minimum atomic E-state index is -0.337. The molecule has 0 aliphatic heterocycles. The van der Waals surface area contributed by atoms with Crippen LogP contribution in [0.1, 0.15) is 5.01 Å². The van der Waals surface area contributed by atoms with Crippen molar-refractivity contribution >= 4 is 33.4 Å². The van der Waals surface area contributed by atoms with Gasteiger partial charge in [0.05, 0.1) is 36.9 Å². The van der Waals surface area contributed by atoms with Crippen molar-refractivity contribution in [3.05, 3.63) is 47.5 Å². The monoisotopic (exact) mass is 399 g/mol. The van der Waals surface area contributed by atoms with Crippen LogP contribution >= 0.6 is 11.3 Å². The molecule has 28 heavy (non-hydrogen) atoms. The molecule has 1 heterocycles. The number of fused-ring (bicyclic) bond motifs is 1. The third-order valence-electron chi connectivity index (χ3n) is 4.05. The van der Waals surface area contributed by atoms with Crippen molar-refractivity contribution in [2.45, 2.75) is 6.42 Å². The number of aliphatic hydroxyl groups excluding tert-OH is 1. The lowest BCUT2D eigenvalue weighted by Gasteiger charge is -2.04. The number of rotatable bonds is 8. The van der Waals surface area contributed by atoms with E-state index in [4.69, 9.17) is 9.84 Å². The zero-order chi connectivity index (χ0) is 19.9. The smallest absolute Gasteiger partial charge is 0.239 e. The van der Waals surface area contributed by atoms with E-state index in [-0.39, 0.29) is 37.9 Å². The van der Waals surface area contributed by atoms with Crippen LogP contribution in [0.4, 0.5) is 0 Å². The molecule has 0 fully saturated rings. The Morgan fingerprint density at radius 2 is 1.82 bits per heavy atom. The zero-order valence-corrected chi connectivity index (χ0v) is 16.2. The average Bonchev–Trinajstić information content (AvgIpc) is 3.12. The highest BCUT2D eigenvalue weighted by Gasteiger charge is 2.11. The number of nitrogens with one attached hydrogen (secondary N) is 2. The van der Waals surface area contributed by atoms with Gasteiger partial charge in [-0.15, -0.1) is 11.3 Å². The van der Waals surface area contributed by atoms with Crippen LogP contribution in [-0.4, -0.2) is 48.7 Å². The zero-order valence-electron chi connectivity index (χ0n) is 15.4. The SMILES string of the molecule is COc1ccc(-c2ccc3nc(CC(=O)NCC(=O)NCCO)sc3c2)cc1. The van der Waals surface area contributed by atoms with E-state index in [1.165, 1.54) is 11.3 Å².